The highest BCUT2D eigenvalue weighted by molar-refractivity contribution is 7.09. The molecule has 2 rings (SSSR count). The molecule has 2 N–H and O–H groups in total. The minimum absolute atomic E-state index is 0.508. The van der Waals surface area contributed by atoms with E-state index in [1.807, 2.05) is 19.2 Å². The van der Waals surface area contributed by atoms with Crippen molar-refractivity contribution in [3.05, 3.63) is 33.7 Å². The highest BCUT2D eigenvalue weighted by atomic mass is 32.1. The van der Waals surface area contributed by atoms with Crippen molar-refractivity contribution >= 4 is 17.2 Å². The van der Waals surface area contributed by atoms with Crippen molar-refractivity contribution < 1.29 is 0 Å². The van der Waals surface area contributed by atoms with Gasteiger partial charge in [-0.1, -0.05) is 0 Å². The van der Waals surface area contributed by atoms with Crippen LogP contribution in [0.25, 0.3) is 0 Å². The molecule has 0 aliphatic rings. The average molecular weight is 220 g/mol. The molecular formula is C10H12N4S. The van der Waals surface area contributed by atoms with Crippen LogP contribution >= 0.6 is 11.3 Å². The number of hydrogen-bond acceptors (Lipinski definition) is 5. The molecule has 0 radical (unpaired) electrons. The minimum atomic E-state index is 0.508. The molecule has 0 unspecified atom stereocenters. The van der Waals surface area contributed by atoms with Gasteiger partial charge in [-0.05, 0) is 13.8 Å². The third-order valence-corrected chi connectivity index (χ3v) is 2.99. The zero-order valence-electron chi connectivity index (χ0n) is 8.69. The number of nitrogen functional groups attached to an aromatic ring is 1. The van der Waals surface area contributed by atoms with Gasteiger partial charge in [0.15, 0.2) is 0 Å². The van der Waals surface area contributed by atoms with Crippen LogP contribution in [0, 0.1) is 13.8 Å². The van der Waals surface area contributed by atoms with Crippen LogP contribution in [0.1, 0.15) is 22.1 Å². The van der Waals surface area contributed by atoms with Gasteiger partial charge in [0, 0.05) is 18.0 Å². The standard InChI is InChI=1S/C10H12N4S/c1-6-7(2)14-10(11)8(13-6)5-9-12-3-4-15-9/h3-4H,5H2,1-2H3,(H2,11,14). The molecule has 0 aliphatic heterocycles. The lowest BCUT2D eigenvalue weighted by Gasteiger charge is -2.05. The fourth-order valence-corrected chi connectivity index (χ4v) is 1.90. The van der Waals surface area contributed by atoms with Crippen molar-refractivity contribution in [2.45, 2.75) is 20.3 Å². The zero-order chi connectivity index (χ0) is 10.8. The second-order valence-corrected chi connectivity index (χ2v) is 4.31. The summed E-state index contributed by atoms with van der Waals surface area (Å²) in [6.07, 6.45) is 2.45. The Morgan fingerprint density at radius 2 is 2.00 bits per heavy atom. The molecule has 0 amide bonds. The molecule has 0 bridgehead atoms. The van der Waals surface area contributed by atoms with Gasteiger partial charge in [0.25, 0.3) is 0 Å². The van der Waals surface area contributed by atoms with Crippen LogP contribution in [0.4, 0.5) is 5.82 Å². The second kappa shape index (κ2) is 3.94. The summed E-state index contributed by atoms with van der Waals surface area (Å²) >= 11 is 1.60. The van der Waals surface area contributed by atoms with E-state index in [1.165, 1.54) is 0 Å². The number of aromatic nitrogens is 3. The van der Waals surface area contributed by atoms with Gasteiger partial charge in [0.1, 0.15) is 5.82 Å². The van der Waals surface area contributed by atoms with Crippen LogP contribution in [0.2, 0.25) is 0 Å². The molecule has 0 spiro atoms. The van der Waals surface area contributed by atoms with Gasteiger partial charge in [-0.15, -0.1) is 11.3 Å². The lowest BCUT2D eigenvalue weighted by Crippen LogP contribution is -2.05. The Balaban J connectivity index is 2.33. The van der Waals surface area contributed by atoms with E-state index in [9.17, 15) is 0 Å². The Labute approximate surface area is 92.2 Å². The maximum absolute atomic E-state index is 5.81. The number of nitrogens with zero attached hydrogens (tertiary/aromatic N) is 3. The van der Waals surface area contributed by atoms with Crippen molar-refractivity contribution in [3.63, 3.8) is 0 Å². The maximum Gasteiger partial charge on any atom is 0.145 e. The topological polar surface area (TPSA) is 64.7 Å². The molecule has 0 saturated heterocycles. The van der Waals surface area contributed by atoms with Crippen LogP contribution in [0.3, 0.4) is 0 Å². The summed E-state index contributed by atoms with van der Waals surface area (Å²) in [6.45, 7) is 3.85. The number of rotatable bonds is 2. The molecule has 0 aliphatic carbocycles. The van der Waals surface area contributed by atoms with Crippen molar-refractivity contribution in [1.82, 2.24) is 15.0 Å². The van der Waals surface area contributed by atoms with Crippen LogP contribution in [-0.4, -0.2) is 15.0 Å². The largest absolute Gasteiger partial charge is 0.382 e. The van der Waals surface area contributed by atoms with E-state index in [-0.39, 0.29) is 0 Å². The number of anilines is 1. The molecule has 0 saturated carbocycles. The van der Waals surface area contributed by atoms with Crippen LogP contribution in [-0.2, 0) is 6.42 Å². The molecule has 4 nitrogen and oxygen atoms in total. The number of hydrogen-bond donors (Lipinski definition) is 1. The molecule has 0 aromatic carbocycles. The van der Waals surface area contributed by atoms with Crippen LogP contribution in [0.5, 0.6) is 0 Å². The molecule has 78 valence electrons. The molecule has 0 fully saturated rings. The predicted molar refractivity (Wildman–Crippen MR) is 60.8 cm³/mol. The first-order valence-corrected chi connectivity index (χ1v) is 5.52. The predicted octanol–water partition coefficient (Wildman–Crippen LogP) is 1.72. The monoisotopic (exact) mass is 220 g/mol. The van der Waals surface area contributed by atoms with E-state index in [4.69, 9.17) is 5.73 Å². The van der Waals surface area contributed by atoms with Crippen LogP contribution in [0.15, 0.2) is 11.6 Å². The normalized spacial score (nSPS) is 10.5. The SMILES string of the molecule is Cc1nc(N)c(Cc2nccs2)nc1C. The van der Waals surface area contributed by atoms with Gasteiger partial charge in [-0.2, -0.15) is 0 Å². The molecule has 2 heterocycles. The first-order valence-electron chi connectivity index (χ1n) is 4.65. The third-order valence-electron chi connectivity index (χ3n) is 2.21. The summed E-state index contributed by atoms with van der Waals surface area (Å²) < 4.78 is 0. The Bertz CT molecular complexity index is 465. The number of aryl methyl sites for hydroxylation is 2. The van der Waals surface area contributed by atoms with E-state index in [2.05, 4.69) is 15.0 Å². The number of nitrogens with two attached hydrogens (primary N) is 1. The quantitative estimate of drug-likeness (QED) is 0.837. The third kappa shape index (κ3) is 2.12. The van der Waals surface area contributed by atoms with Gasteiger partial charge in [0.05, 0.1) is 22.1 Å². The summed E-state index contributed by atoms with van der Waals surface area (Å²) in [5, 5.41) is 2.96. The van der Waals surface area contributed by atoms with E-state index < -0.39 is 0 Å². The lowest BCUT2D eigenvalue weighted by molar-refractivity contribution is 0.962. The smallest absolute Gasteiger partial charge is 0.145 e. The van der Waals surface area contributed by atoms with Crippen molar-refractivity contribution in [1.29, 1.82) is 0 Å². The fraction of sp³-hybridized carbons (Fsp3) is 0.300. The van der Waals surface area contributed by atoms with Crippen molar-refractivity contribution in [2.75, 3.05) is 5.73 Å². The molecule has 15 heavy (non-hydrogen) atoms. The average Bonchev–Trinajstić information content (AvgIpc) is 2.67. The summed E-state index contributed by atoms with van der Waals surface area (Å²) in [5.41, 5.74) is 8.43. The molecule has 5 heteroatoms. The zero-order valence-corrected chi connectivity index (χ0v) is 9.51. The van der Waals surface area contributed by atoms with E-state index in [1.54, 1.807) is 17.5 Å². The summed E-state index contributed by atoms with van der Waals surface area (Å²) in [6, 6.07) is 0. The Kier molecular flexibility index (Phi) is 2.64. The molecule has 2 aromatic rings. The first kappa shape index (κ1) is 10.0. The van der Waals surface area contributed by atoms with Gasteiger partial charge >= 0.3 is 0 Å². The van der Waals surface area contributed by atoms with Gasteiger partial charge in [-0.25, -0.2) is 9.97 Å². The molecule has 0 atom stereocenters. The fourth-order valence-electron chi connectivity index (χ4n) is 1.28. The minimum Gasteiger partial charge on any atom is -0.382 e. The first-order chi connectivity index (χ1) is 7.16. The Hall–Kier alpha value is -1.49. The Morgan fingerprint density at radius 3 is 2.67 bits per heavy atom. The van der Waals surface area contributed by atoms with E-state index in [0.717, 1.165) is 22.1 Å². The van der Waals surface area contributed by atoms with Crippen molar-refractivity contribution in [2.24, 2.45) is 0 Å². The van der Waals surface area contributed by atoms with E-state index in [0.29, 0.717) is 12.2 Å². The summed E-state index contributed by atoms with van der Waals surface area (Å²) in [5.74, 6) is 0.508. The maximum atomic E-state index is 5.81. The molecule has 2 aromatic heterocycles. The number of thiazole rings is 1. The van der Waals surface area contributed by atoms with Gasteiger partial charge in [0.2, 0.25) is 0 Å². The van der Waals surface area contributed by atoms with Crippen LogP contribution < -0.4 is 5.73 Å². The highest BCUT2D eigenvalue weighted by Gasteiger charge is 2.08. The lowest BCUT2D eigenvalue weighted by atomic mass is 10.2. The summed E-state index contributed by atoms with van der Waals surface area (Å²) in [4.78, 5) is 12.9. The summed E-state index contributed by atoms with van der Waals surface area (Å²) in [7, 11) is 0. The Morgan fingerprint density at radius 1 is 1.27 bits per heavy atom. The second-order valence-electron chi connectivity index (χ2n) is 3.33. The van der Waals surface area contributed by atoms with Gasteiger partial charge < -0.3 is 5.73 Å². The van der Waals surface area contributed by atoms with Gasteiger partial charge in [-0.3, -0.25) is 4.98 Å². The van der Waals surface area contributed by atoms with Crippen molar-refractivity contribution in [3.8, 4) is 0 Å². The van der Waals surface area contributed by atoms with E-state index >= 15 is 0 Å². The molecular weight excluding hydrogens is 208 g/mol. The highest BCUT2D eigenvalue weighted by Crippen LogP contribution is 2.15.